The molecular formula is C19H24N6O. The van der Waals surface area contributed by atoms with Crippen LogP contribution in [0.4, 0.5) is 5.82 Å². The van der Waals surface area contributed by atoms with Crippen molar-refractivity contribution in [3.63, 3.8) is 0 Å². The molecule has 3 aromatic heterocycles. The van der Waals surface area contributed by atoms with Gasteiger partial charge in [0.05, 0.1) is 18.5 Å². The molecule has 0 unspecified atom stereocenters. The predicted molar refractivity (Wildman–Crippen MR) is 101 cm³/mol. The maximum Gasteiger partial charge on any atom is 0.213 e. The molecule has 0 atom stereocenters. The Balaban J connectivity index is 1.47. The molecule has 26 heavy (non-hydrogen) atoms. The summed E-state index contributed by atoms with van der Waals surface area (Å²) in [5, 5.41) is 4.61. The van der Waals surface area contributed by atoms with Gasteiger partial charge in [-0.15, -0.1) is 0 Å². The van der Waals surface area contributed by atoms with Crippen molar-refractivity contribution in [1.29, 1.82) is 0 Å². The van der Waals surface area contributed by atoms with Crippen molar-refractivity contribution >= 4 is 11.5 Å². The minimum absolute atomic E-state index is 0.671. The lowest BCUT2D eigenvalue weighted by atomic mass is 10.2. The van der Waals surface area contributed by atoms with Gasteiger partial charge in [0, 0.05) is 56.6 Å². The molecule has 0 saturated carbocycles. The molecule has 4 rings (SSSR count). The molecule has 136 valence electrons. The summed E-state index contributed by atoms with van der Waals surface area (Å²) in [4.78, 5) is 13.9. The van der Waals surface area contributed by atoms with Gasteiger partial charge in [0.1, 0.15) is 5.82 Å². The Morgan fingerprint density at radius 1 is 1.00 bits per heavy atom. The van der Waals surface area contributed by atoms with Gasteiger partial charge in [-0.1, -0.05) is 6.07 Å². The average Bonchev–Trinajstić information content (AvgIpc) is 3.02. The SMILES string of the molecule is COc1cccc(CN2CCN(c3cc(C)nc4cc(C)nn34)CC2)n1. The molecule has 7 nitrogen and oxygen atoms in total. The first-order chi connectivity index (χ1) is 12.6. The second-order valence-corrected chi connectivity index (χ2v) is 6.75. The van der Waals surface area contributed by atoms with E-state index < -0.39 is 0 Å². The molecule has 1 aliphatic rings. The fourth-order valence-corrected chi connectivity index (χ4v) is 3.44. The number of methoxy groups -OCH3 is 1. The van der Waals surface area contributed by atoms with E-state index in [0.717, 1.165) is 61.3 Å². The lowest BCUT2D eigenvalue weighted by Crippen LogP contribution is -2.46. The maximum absolute atomic E-state index is 5.22. The van der Waals surface area contributed by atoms with Gasteiger partial charge < -0.3 is 9.64 Å². The molecule has 3 aromatic rings. The summed E-state index contributed by atoms with van der Waals surface area (Å²) in [5.41, 5.74) is 3.98. The fourth-order valence-electron chi connectivity index (χ4n) is 3.44. The molecule has 1 fully saturated rings. The molecule has 0 N–H and O–H groups in total. The molecule has 0 aromatic carbocycles. The van der Waals surface area contributed by atoms with Crippen molar-refractivity contribution in [3.8, 4) is 5.88 Å². The van der Waals surface area contributed by atoms with Crippen LogP contribution in [-0.4, -0.2) is 57.8 Å². The Bertz CT molecular complexity index is 914. The number of rotatable bonds is 4. The van der Waals surface area contributed by atoms with Crippen LogP contribution in [0.1, 0.15) is 17.1 Å². The highest BCUT2D eigenvalue weighted by atomic mass is 16.5. The average molecular weight is 352 g/mol. The van der Waals surface area contributed by atoms with E-state index in [4.69, 9.17) is 4.74 Å². The first-order valence-corrected chi connectivity index (χ1v) is 8.93. The van der Waals surface area contributed by atoms with Crippen LogP contribution in [0.15, 0.2) is 30.3 Å². The van der Waals surface area contributed by atoms with E-state index in [1.807, 2.05) is 36.6 Å². The van der Waals surface area contributed by atoms with Gasteiger partial charge in [0.25, 0.3) is 0 Å². The summed E-state index contributed by atoms with van der Waals surface area (Å²) >= 11 is 0. The van der Waals surface area contributed by atoms with Crippen LogP contribution in [0.25, 0.3) is 5.65 Å². The van der Waals surface area contributed by atoms with Crippen LogP contribution < -0.4 is 9.64 Å². The number of nitrogens with zero attached hydrogens (tertiary/aromatic N) is 6. The van der Waals surface area contributed by atoms with Crippen LogP contribution in [0.5, 0.6) is 5.88 Å². The number of hydrogen-bond acceptors (Lipinski definition) is 6. The van der Waals surface area contributed by atoms with Crippen molar-refractivity contribution in [2.24, 2.45) is 0 Å². The topological polar surface area (TPSA) is 58.8 Å². The Kier molecular flexibility index (Phi) is 4.46. The third-order valence-electron chi connectivity index (χ3n) is 4.73. The van der Waals surface area contributed by atoms with E-state index in [1.54, 1.807) is 7.11 Å². The Morgan fingerprint density at radius 3 is 2.58 bits per heavy atom. The summed E-state index contributed by atoms with van der Waals surface area (Å²) in [7, 11) is 1.65. The molecule has 7 heteroatoms. The molecular weight excluding hydrogens is 328 g/mol. The quantitative estimate of drug-likeness (QED) is 0.716. The molecule has 0 radical (unpaired) electrons. The van der Waals surface area contributed by atoms with E-state index in [-0.39, 0.29) is 0 Å². The van der Waals surface area contributed by atoms with E-state index in [1.165, 1.54) is 0 Å². The fraction of sp³-hybridized carbons (Fsp3) is 0.421. The lowest BCUT2D eigenvalue weighted by Gasteiger charge is -2.35. The standard InChI is InChI=1S/C19H24N6O/c1-14-12-19(25-17(20-14)11-15(2)22-25)24-9-7-23(8-10-24)13-16-5-4-6-18(21-16)26-3/h4-6,11-12H,7-10,13H2,1-3H3. The zero-order valence-corrected chi connectivity index (χ0v) is 15.5. The van der Waals surface area contributed by atoms with Gasteiger partial charge in [-0.05, 0) is 19.9 Å². The number of aromatic nitrogens is 4. The molecule has 4 heterocycles. The maximum atomic E-state index is 5.22. The Labute approximate surface area is 153 Å². The number of aryl methyl sites for hydroxylation is 2. The molecule has 1 aliphatic heterocycles. The number of piperazine rings is 1. The number of pyridine rings is 1. The zero-order chi connectivity index (χ0) is 18.1. The first kappa shape index (κ1) is 16.8. The normalized spacial score (nSPS) is 15.6. The highest BCUT2D eigenvalue weighted by molar-refractivity contribution is 5.52. The third kappa shape index (κ3) is 3.35. The van der Waals surface area contributed by atoms with Gasteiger partial charge in [0.15, 0.2) is 5.65 Å². The molecule has 0 spiro atoms. The van der Waals surface area contributed by atoms with E-state index in [0.29, 0.717) is 5.88 Å². The van der Waals surface area contributed by atoms with Crippen LogP contribution in [0.3, 0.4) is 0 Å². The monoisotopic (exact) mass is 352 g/mol. The highest BCUT2D eigenvalue weighted by Crippen LogP contribution is 2.20. The largest absolute Gasteiger partial charge is 0.481 e. The molecule has 1 saturated heterocycles. The minimum atomic E-state index is 0.671. The number of ether oxygens (including phenoxy) is 1. The Hall–Kier alpha value is -2.67. The van der Waals surface area contributed by atoms with E-state index >= 15 is 0 Å². The van der Waals surface area contributed by atoms with Crippen LogP contribution >= 0.6 is 0 Å². The first-order valence-electron chi connectivity index (χ1n) is 8.93. The zero-order valence-electron chi connectivity index (χ0n) is 15.5. The van der Waals surface area contributed by atoms with Crippen molar-refractivity contribution in [3.05, 3.63) is 47.4 Å². The van der Waals surface area contributed by atoms with Crippen molar-refractivity contribution in [2.75, 3.05) is 38.2 Å². The van der Waals surface area contributed by atoms with E-state index in [2.05, 4.69) is 37.0 Å². The van der Waals surface area contributed by atoms with Crippen LogP contribution in [-0.2, 0) is 6.54 Å². The lowest BCUT2D eigenvalue weighted by molar-refractivity contribution is 0.245. The second kappa shape index (κ2) is 6.92. The molecule has 0 amide bonds. The summed E-state index contributed by atoms with van der Waals surface area (Å²) < 4.78 is 7.18. The second-order valence-electron chi connectivity index (χ2n) is 6.75. The predicted octanol–water partition coefficient (Wildman–Crippen LogP) is 2.07. The van der Waals surface area contributed by atoms with Gasteiger partial charge in [-0.2, -0.15) is 9.61 Å². The number of fused-ring (bicyclic) bond motifs is 1. The summed E-state index contributed by atoms with van der Waals surface area (Å²) in [6.07, 6.45) is 0. The van der Waals surface area contributed by atoms with Crippen molar-refractivity contribution in [1.82, 2.24) is 24.5 Å². The van der Waals surface area contributed by atoms with Gasteiger partial charge in [0.2, 0.25) is 5.88 Å². The van der Waals surface area contributed by atoms with Crippen molar-refractivity contribution in [2.45, 2.75) is 20.4 Å². The summed E-state index contributed by atoms with van der Waals surface area (Å²) in [6.45, 7) is 8.78. The van der Waals surface area contributed by atoms with E-state index in [9.17, 15) is 0 Å². The summed E-state index contributed by atoms with van der Waals surface area (Å²) in [5.74, 6) is 1.80. The van der Waals surface area contributed by atoms with Gasteiger partial charge >= 0.3 is 0 Å². The van der Waals surface area contributed by atoms with Gasteiger partial charge in [-0.3, -0.25) is 4.90 Å². The molecule has 0 bridgehead atoms. The van der Waals surface area contributed by atoms with Crippen molar-refractivity contribution < 1.29 is 4.74 Å². The smallest absolute Gasteiger partial charge is 0.213 e. The third-order valence-corrected chi connectivity index (χ3v) is 4.73. The van der Waals surface area contributed by atoms with Crippen LogP contribution in [0.2, 0.25) is 0 Å². The van der Waals surface area contributed by atoms with Gasteiger partial charge in [-0.25, -0.2) is 9.97 Å². The van der Waals surface area contributed by atoms with Crippen LogP contribution in [0, 0.1) is 13.8 Å². The Morgan fingerprint density at radius 2 is 1.81 bits per heavy atom. The number of hydrogen-bond donors (Lipinski definition) is 0. The highest BCUT2D eigenvalue weighted by Gasteiger charge is 2.20. The molecule has 0 aliphatic carbocycles. The number of anilines is 1. The minimum Gasteiger partial charge on any atom is -0.481 e. The summed E-state index contributed by atoms with van der Waals surface area (Å²) in [6, 6.07) is 10.1.